The molecule has 194 valence electrons. The van der Waals surface area contributed by atoms with Crippen molar-refractivity contribution in [2.24, 2.45) is 17.8 Å². The van der Waals surface area contributed by atoms with E-state index in [1.807, 2.05) is 0 Å². The van der Waals surface area contributed by atoms with E-state index in [0.29, 0.717) is 51.6 Å². The number of rotatable bonds is 10. The molecule has 10 heteroatoms. The molecular formula is C24H41N3O7. The molecule has 3 atom stereocenters. The van der Waals surface area contributed by atoms with Gasteiger partial charge in [0.05, 0.1) is 19.2 Å². The van der Waals surface area contributed by atoms with Crippen LogP contribution >= 0.6 is 0 Å². The van der Waals surface area contributed by atoms with Gasteiger partial charge in [-0.05, 0) is 37.6 Å². The second-order valence-corrected chi connectivity index (χ2v) is 9.43. The summed E-state index contributed by atoms with van der Waals surface area (Å²) in [6.07, 6.45) is 8.73. The third kappa shape index (κ3) is 9.58. The van der Waals surface area contributed by atoms with Crippen LogP contribution in [0.5, 0.6) is 0 Å². The highest BCUT2D eigenvalue weighted by molar-refractivity contribution is 5.76. The Morgan fingerprint density at radius 2 is 1.74 bits per heavy atom. The van der Waals surface area contributed by atoms with Gasteiger partial charge in [-0.15, -0.1) is 0 Å². The van der Waals surface area contributed by atoms with Crippen LogP contribution in [-0.2, 0) is 28.7 Å². The number of amides is 1. The molecule has 3 fully saturated rings. The molecule has 0 aromatic carbocycles. The van der Waals surface area contributed by atoms with Crippen LogP contribution in [-0.4, -0.2) is 98.3 Å². The summed E-state index contributed by atoms with van der Waals surface area (Å²) in [4.78, 5) is 47.3. The number of ether oxygens (including phenoxy) is 2. The number of hydrogen-bond acceptors (Lipinski definition) is 8. The molecule has 0 aromatic heterocycles. The number of nitrogens with one attached hydrogen (secondary N) is 1. The molecule has 3 rings (SSSR count). The lowest BCUT2D eigenvalue weighted by molar-refractivity contribution is -0.146. The first-order valence-electron chi connectivity index (χ1n) is 12.4. The molecule has 34 heavy (non-hydrogen) atoms. The Morgan fingerprint density at radius 3 is 2.29 bits per heavy atom. The third-order valence-electron chi connectivity index (χ3n) is 7.05. The summed E-state index contributed by atoms with van der Waals surface area (Å²) in [7, 11) is 1.78. The van der Waals surface area contributed by atoms with Gasteiger partial charge in [0.15, 0.2) is 0 Å². The van der Waals surface area contributed by atoms with E-state index >= 15 is 0 Å². The van der Waals surface area contributed by atoms with Crippen LogP contribution in [0.25, 0.3) is 0 Å². The number of carbonyl (C=O) groups excluding carboxylic acids is 3. The van der Waals surface area contributed by atoms with Gasteiger partial charge in [-0.2, -0.15) is 0 Å². The fourth-order valence-electron chi connectivity index (χ4n) is 5.15. The van der Waals surface area contributed by atoms with Gasteiger partial charge in [-0.1, -0.05) is 25.7 Å². The van der Waals surface area contributed by atoms with E-state index in [1.54, 1.807) is 16.8 Å². The van der Waals surface area contributed by atoms with Crippen LogP contribution < -0.4 is 5.32 Å². The summed E-state index contributed by atoms with van der Waals surface area (Å²) in [6.45, 7) is 4.48. The minimum atomic E-state index is -0.933. The first-order valence-corrected chi connectivity index (χ1v) is 12.4. The predicted molar refractivity (Wildman–Crippen MR) is 125 cm³/mol. The minimum Gasteiger partial charge on any atom is -0.480 e. The van der Waals surface area contributed by atoms with Crippen molar-refractivity contribution in [2.75, 3.05) is 53.0 Å². The lowest BCUT2D eigenvalue weighted by Crippen LogP contribution is -2.57. The van der Waals surface area contributed by atoms with Gasteiger partial charge in [-0.25, -0.2) is 0 Å². The summed E-state index contributed by atoms with van der Waals surface area (Å²) in [5, 5.41) is 11.8. The quantitative estimate of drug-likeness (QED) is 0.347. The largest absolute Gasteiger partial charge is 0.480 e. The van der Waals surface area contributed by atoms with E-state index in [4.69, 9.17) is 14.6 Å². The molecule has 2 N–H and O–H groups in total. The van der Waals surface area contributed by atoms with Gasteiger partial charge < -0.3 is 24.8 Å². The van der Waals surface area contributed by atoms with Crippen LogP contribution in [0.15, 0.2) is 0 Å². The summed E-state index contributed by atoms with van der Waals surface area (Å²) < 4.78 is 9.83. The number of carboxylic acid groups (broad SMARTS) is 1. The van der Waals surface area contributed by atoms with E-state index in [-0.39, 0.29) is 25.1 Å². The average molecular weight is 484 g/mol. The number of hydrogen-bond donors (Lipinski definition) is 2. The van der Waals surface area contributed by atoms with Crippen LogP contribution in [0, 0.1) is 17.8 Å². The van der Waals surface area contributed by atoms with Crippen LogP contribution in [0.2, 0.25) is 0 Å². The molecule has 0 bridgehead atoms. The highest BCUT2D eigenvalue weighted by Crippen LogP contribution is 2.53. The molecule has 3 aliphatic rings. The predicted octanol–water partition coefficient (Wildman–Crippen LogP) is 1.13. The van der Waals surface area contributed by atoms with Gasteiger partial charge in [0, 0.05) is 39.5 Å². The maximum absolute atomic E-state index is 12.0. The fourth-order valence-corrected chi connectivity index (χ4v) is 5.15. The second-order valence-electron chi connectivity index (χ2n) is 9.43. The molecule has 10 nitrogen and oxygen atoms in total. The standard InChI is InChI=1S/C13H23N3O5.C11H18O2/c1-10(17)21-9-11-7-16(12(18)3-4-14-2)6-5-15(11)8-13(19)20;12-8-13-7-11-9-5-3-1-2-4-6-10(9)11/h11,14H,3-9H2,1-2H3,(H,19,20);8-11H,1-7H2. The summed E-state index contributed by atoms with van der Waals surface area (Å²) in [6, 6.07) is -0.280. The van der Waals surface area contributed by atoms with Crippen molar-refractivity contribution >= 4 is 24.3 Å². The average Bonchev–Trinajstić information content (AvgIpc) is 3.43. The highest BCUT2D eigenvalue weighted by atomic mass is 16.5. The van der Waals surface area contributed by atoms with Crippen molar-refractivity contribution in [1.82, 2.24) is 15.1 Å². The molecule has 0 radical (unpaired) electrons. The van der Waals surface area contributed by atoms with Crippen molar-refractivity contribution in [2.45, 2.75) is 57.9 Å². The third-order valence-corrected chi connectivity index (χ3v) is 7.05. The monoisotopic (exact) mass is 483 g/mol. The Kier molecular flexibility index (Phi) is 12.3. The van der Waals surface area contributed by atoms with E-state index in [0.717, 1.165) is 11.8 Å². The number of nitrogens with zero attached hydrogens (tertiary/aromatic N) is 2. The van der Waals surface area contributed by atoms with Gasteiger partial charge in [0.2, 0.25) is 5.91 Å². The Balaban J connectivity index is 0.000000266. The maximum atomic E-state index is 12.0. The molecule has 0 spiro atoms. The first-order chi connectivity index (χ1) is 16.4. The van der Waals surface area contributed by atoms with E-state index in [9.17, 15) is 19.2 Å². The van der Waals surface area contributed by atoms with Gasteiger partial charge in [0.1, 0.15) is 6.61 Å². The van der Waals surface area contributed by atoms with Gasteiger partial charge in [-0.3, -0.25) is 24.1 Å². The summed E-state index contributed by atoms with van der Waals surface area (Å²) >= 11 is 0. The Morgan fingerprint density at radius 1 is 1.06 bits per heavy atom. The molecule has 1 aliphatic heterocycles. The summed E-state index contributed by atoms with van der Waals surface area (Å²) in [5.74, 6) is 1.16. The molecule has 0 aromatic rings. The summed E-state index contributed by atoms with van der Waals surface area (Å²) in [5.41, 5.74) is 0. The van der Waals surface area contributed by atoms with Crippen LogP contribution in [0.4, 0.5) is 0 Å². The lowest BCUT2D eigenvalue weighted by Gasteiger charge is -2.40. The molecule has 1 saturated heterocycles. The van der Waals surface area contributed by atoms with Crippen LogP contribution in [0.1, 0.15) is 51.9 Å². The van der Waals surface area contributed by atoms with Crippen molar-refractivity contribution in [1.29, 1.82) is 0 Å². The number of carbonyl (C=O) groups is 4. The molecule has 2 aliphatic carbocycles. The highest BCUT2D eigenvalue weighted by Gasteiger charge is 2.49. The zero-order valence-electron chi connectivity index (χ0n) is 20.6. The van der Waals surface area contributed by atoms with Crippen LogP contribution in [0.3, 0.4) is 0 Å². The zero-order valence-corrected chi connectivity index (χ0v) is 20.6. The lowest BCUT2D eigenvalue weighted by atomic mass is 10.0. The van der Waals surface area contributed by atoms with Crippen molar-refractivity contribution in [3.63, 3.8) is 0 Å². The Bertz CT molecular complexity index is 661. The van der Waals surface area contributed by atoms with E-state index in [2.05, 4.69) is 5.32 Å². The second kappa shape index (κ2) is 14.9. The molecule has 1 heterocycles. The molecule has 3 unspecified atom stereocenters. The van der Waals surface area contributed by atoms with Gasteiger partial charge >= 0.3 is 11.9 Å². The van der Waals surface area contributed by atoms with E-state index in [1.165, 1.54) is 45.4 Å². The minimum absolute atomic E-state index is 0.0205. The fraction of sp³-hybridized carbons (Fsp3) is 0.833. The number of piperazine rings is 1. The van der Waals surface area contributed by atoms with Gasteiger partial charge in [0.25, 0.3) is 6.47 Å². The van der Waals surface area contributed by atoms with Crippen molar-refractivity contribution in [3.05, 3.63) is 0 Å². The Labute approximate surface area is 202 Å². The maximum Gasteiger partial charge on any atom is 0.317 e. The van der Waals surface area contributed by atoms with Crippen molar-refractivity contribution < 1.29 is 33.8 Å². The smallest absolute Gasteiger partial charge is 0.317 e. The number of aliphatic carboxylic acids is 1. The molecular weight excluding hydrogens is 442 g/mol. The van der Waals surface area contributed by atoms with Crippen molar-refractivity contribution in [3.8, 4) is 0 Å². The topological polar surface area (TPSA) is 125 Å². The SMILES string of the molecule is CNCCC(=O)N1CCN(CC(=O)O)C(COC(C)=O)C1.O=COCC1C2CCCCCCC21. The first kappa shape index (κ1) is 28.0. The molecule has 2 saturated carbocycles. The Hall–Kier alpha value is -2.20. The number of fused-ring (bicyclic) bond motifs is 1. The zero-order chi connectivity index (χ0) is 24.9. The number of esters is 1. The van der Waals surface area contributed by atoms with E-state index < -0.39 is 11.9 Å². The normalized spacial score (nSPS) is 26.6. The molecule has 1 amide bonds. The number of carboxylic acids is 1.